The highest BCUT2D eigenvalue weighted by atomic mass is 15.2. The summed E-state index contributed by atoms with van der Waals surface area (Å²) in [6.07, 6.45) is 6.01. The molecule has 1 aliphatic rings. The van der Waals surface area contributed by atoms with Crippen LogP contribution >= 0.6 is 0 Å². The zero-order valence-electron chi connectivity index (χ0n) is 13.3. The topological polar surface area (TPSA) is 41.0 Å². The van der Waals surface area contributed by atoms with Crippen LogP contribution in [0.2, 0.25) is 0 Å². The van der Waals surface area contributed by atoms with Gasteiger partial charge in [-0.15, -0.1) is 0 Å². The summed E-state index contributed by atoms with van der Waals surface area (Å²) in [5.41, 5.74) is 1.14. The summed E-state index contributed by atoms with van der Waals surface area (Å²) in [6, 6.07) is 3.47. The lowest BCUT2D eigenvalue weighted by Gasteiger charge is -2.35. The predicted octanol–water partition coefficient (Wildman–Crippen LogP) is 2.70. The average molecular weight is 276 g/mol. The van der Waals surface area contributed by atoms with Crippen LogP contribution in [0.15, 0.2) is 6.07 Å². The Kier molecular flexibility index (Phi) is 5.35. The summed E-state index contributed by atoms with van der Waals surface area (Å²) in [4.78, 5) is 11.4. The molecule has 0 spiro atoms. The van der Waals surface area contributed by atoms with Gasteiger partial charge in [0.25, 0.3) is 0 Å². The minimum absolute atomic E-state index is 0.615. The predicted molar refractivity (Wildman–Crippen MR) is 84.3 cm³/mol. The Hall–Kier alpha value is -1.16. The first-order valence-electron chi connectivity index (χ1n) is 7.94. The zero-order valence-corrected chi connectivity index (χ0v) is 13.3. The maximum Gasteiger partial charge on any atom is 0.132 e. The van der Waals surface area contributed by atoms with Crippen molar-refractivity contribution in [2.45, 2.75) is 65.0 Å². The molecule has 1 fully saturated rings. The van der Waals surface area contributed by atoms with Crippen molar-refractivity contribution in [2.24, 2.45) is 0 Å². The number of aryl methyl sites for hydroxylation is 2. The van der Waals surface area contributed by atoms with Gasteiger partial charge in [0.2, 0.25) is 0 Å². The summed E-state index contributed by atoms with van der Waals surface area (Å²) in [7, 11) is 2.18. The van der Waals surface area contributed by atoms with Gasteiger partial charge in [0.1, 0.15) is 11.6 Å². The summed E-state index contributed by atoms with van der Waals surface area (Å²) >= 11 is 0. The van der Waals surface area contributed by atoms with Gasteiger partial charge >= 0.3 is 0 Å². The third kappa shape index (κ3) is 3.69. The molecule has 0 saturated heterocycles. The van der Waals surface area contributed by atoms with Crippen LogP contribution in [-0.2, 0) is 6.42 Å². The summed E-state index contributed by atoms with van der Waals surface area (Å²) in [6.45, 7) is 7.40. The molecule has 0 amide bonds. The number of nitrogens with one attached hydrogen (secondary N) is 1. The molecule has 1 heterocycles. The first-order chi connectivity index (χ1) is 9.63. The van der Waals surface area contributed by atoms with E-state index < -0.39 is 0 Å². The largest absolute Gasteiger partial charge is 0.357 e. The number of hydrogen-bond donors (Lipinski definition) is 1. The Morgan fingerprint density at radius 1 is 1.20 bits per heavy atom. The first-order valence-corrected chi connectivity index (χ1v) is 7.94. The Bertz CT molecular complexity index is 424. The highest BCUT2D eigenvalue weighted by Gasteiger charge is 2.24. The summed E-state index contributed by atoms with van der Waals surface area (Å²) in [5.74, 6) is 1.97. The molecule has 4 heteroatoms. The van der Waals surface area contributed by atoms with Crippen molar-refractivity contribution in [3.05, 3.63) is 17.6 Å². The molecule has 1 aliphatic carbocycles. The number of aromatic nitrogens is 2. The molecule has 1 saturated carbocycles. The fourth-order valence-electron chi connectivity index (χ4n) is 3.12. The molecule has 2 rings (SSSR count). The molecule has 1 aromatic rings. The van der Waals surface area contributed by atoms with Crippen LogP contribution in [0.5, 0.6) is 0 Å². The van der Waals surface area contributed by atoms with Gasteiger partial charge in [0, 0.05) is 30.9 Å². The second kappa shape index (κ2) is 7.02. The maximum atomic E-state index is 4.61. The van der Waals surface area contributed by atoms with E-state index in [1.807, 2.05) is 6.92 Å². The number of rotatable bonds is 5. The quantitative estimate of drug-likeness (QED) is 0.898. The molecule has 4 nitrogen and oxygen atoms in total. The van der Waals surface area contributed by atoms with E-state index in [0.717, 1.165) is 30.3 Å². The Labute approximate surface area is 123 Å². The van der Waals surface area contributed by atoms with E-state index in [2.05, 4.69) is 47.1 Å². The average Bonchev–Trinajstić information content (AvgIpc) is 2.47. The maximum absolute atomic E-state index is 4.61. The van der Waals surface area contributed by atoms with Crippen molar-refractivity contribution in [3.63, 3.8) is 0 Å². The van der Waals surface area contributed by atoms with Crippen LogP contribution in [-0.4, -0.2) is 35.6 Å². The van der Waals surface area contributed by atoms with Crippen LogP contribution in [0.3, 0.4) is 0 Å². The Balaban J connectivity index is 2.01. The second-order valence-corrected chi connectivity index (χ2v) is 5.79. The van der Waals surface area contributed by atoms with E-state index in [4.69, 9.17) is 0 Å². The molecule has 20 heavy (non-hydrogen) atoms. The SMILES string of the molecule is CCNC1CCC(N(C)c2cc(CC)nc(C)n2)CC1. The van der Waals surface area contributed by atoms with E-state index in [1.165, 1.54) is 25.7 Å². The van der Waals surface area contributed by atoms with Gasteiger partial charge in [-0.3, -0.25) is 0 Å². The van der Waals surface area contributed by atoms with Gasteiger partial charge in [0.05, 0.1) is 0 Å². The standard InChI is InChI=1S/C16H28N4/c1-5-13-11-16(19-12(3)18-13)20(4)15-9-7-14(8-10-15)17-6-2/h11,14-15,17H,5-10H2,1-4H3. The molecule has 1 aromatic heterocycles. The van der Waals surface area contributed by atoms with Crippen LogP contribution in [0.4, 0.5) is 5.82 Å². The molecular formula is C16H28N4. The van der Waals surface area contributed by atoms with E-state index in [1.54, 1.807) is 0 Å². The molecule has 0 bridgehead atoms. The Morgan fingerprint density at radius 2 is 1.90 bits per heavy atom. The van der Waals surface area contributed by atoms with E-state index >= 15 is 0 Å². The van der Waals surface area contributed by atoms with E-state index in [9.17, 15) is 0 Å². The van der Waals surface area contributed by atoms with Gasteiger partial charge in [-0.05, 0) is 45.6 Å². The third-order valence-corrected chi connectivity index (χ3v) is 4.34. The minimum Gasteiger partial charge on any atom is -0.357 e. The van der Waals surface area contributed by atoms with Crippen molar-refractivity contribution in [3.8, 4) is 0 Å². The lowest BCUT2D eigenvalue weighted by atomic mass is 9.90. The fourth-order valence-corrected chi connectivity index (χ4v) is 3.12. The van der Waals surface area contributed by atoms with Gasteiger partial charge in [-0.2, -0.15) is 0 Å². The van der Waals surface area contributed by atoms with Gasteiger partial charge in [0.15, 0.2) is 0 Å². The van der Waals surface area contributed by atoms with Crippen molar-refractivity contribution < 1.29 is 0 Å². The normalized spacial score (nSPS) is 22.8. The molecule has 0 atom stereocenters. The van der Waals surface area contributed by atoms with Crippen molar-refractivity contribution >= 4 is 5.82 Å². The highest BCUT2D eigenvalue weighted by molar-refractivity contribution is 5.40. The smallest absolute Gasteiger partial charge is 0.132 e. The summed E-state index contributed by atoms with van der Waals surface area (Å²) in [5, 5.41) is 3.57. The molecule has 0 unspecified atom stereocenters. The number of anilines is 1. The molecule has 112 valence electrons. The zero-order chi connectivity index (χ0) is 14.5. The van der Waals surface area contributed by atoms with Gasteiger partial charge in [-0.1, -0.05) is 13.8 Å². The van der Waals surface area contributed by atoms with E-state index in [0.29, 0.717) is 12.1 Å². The van der Waals surface area contributed by atoms with Gasteiger partial charge in [-0.25, -0.2) is 9.97 Å². The molecule has 0 radical (unpaired) electrons. The summed E-state index contributed by atoms with van der Waals surface area (Å²) < 4.78 is 0. The number of nitrogens with zero attached hydrogens (tertiary/aromatic N) is 3. The van der Waals surface area contributed by atoms with Crippen LogP contribution in [0.1, 0.15) is 51.0 Å². The molecule has 0 aliphatic heterocycles. The van der Waals surface area contributed by atoms with Crippen LogP contribution < -0.4 is 10.2 Å². The number of hydrogen-bond acceptors (Lipinski definition) is 4. The van der Waals surface area contributed by atoms with Crippen molar-refractivity contribution in [1.82, 2.24) is 15.3 Å². The molecular weight excluding hydrogens is 248 g/mol. The lowest BCUT2D eigenvalue weighted by molar-refractivity contribution is 0.340. The van der Waals surface area contributed by atoms with Crippen molar-refractivity contribution in [1.29, 1.82) is 0 Å². The second-order valence-electron chi connectivity index (χ2n) is 5.79. The third-order valence-electron chi connectivity index (χ3n) is 4.34. The monoisotopic (exact) mass is 276 g/mol. The molecule has 0 aromatic carbocycles. The van der Waals surface area contributed by atoms with E-state index in [-0.39, 0.29) is 0 Å². The van der Waals surface area contributed by atoms with Crippen molar-refractivity contribution in [2.75, 3.05) is 18.5 Å². The Morgan fingerprint density at radius 3 is 2.50 bits per heavy atom. The van der Waals surface area contributed by atoms with Crippen LogP contribution in [0.25, 0.3) is 0 Å². The van der Waals surface area contributed by atoms with Crippen LogP contribution in [0, 0.1) is 6.92 Å². The first kappa shape index (κ1) is 15.2. The minimum atomic E-state index is 0.615. The molecule has 1 N–H and O–H groups in total. The lowest BCUT2D eigenvalue weighted by Crippen LogP contribution is -2.41. The fraction of sp³-hybridized carbons (Fsp3) is 0.750. The highest BCUT2D eigenvalue weighted by Crippen LogP contribution is 2.25. The van der Waals surface area contributed by atoms with Gasteiger partial charge < -0.3 is 10.2 Å².